The van der Waals surface area contributed by atoms with E-state index in [9.17, 15) is 4.79 Å². The lowest BCUT2D eigenvalue weighted by atomic mass is 10.1. The average Bonchev–Trinajstić information content (AvgIpc) is 2.61. The Balaban J connectivity index is 1.86. The first-order valence-corrected chi connectivity index (χ1v) is 8.30. The van der Waals surface area contributed by atoms with E-state index in [2.05, 4.69) is 18.8 Å². The van der Waals surface area contributed by atoms with Gasteiger partial charge in [-0.2, -0.15) is 0 Å². The Morgan fingerprint density at radius 1 is 1.29 bits per heavy atom. The largest absolute Gasteiger partial charge is 0.481 e. The highest BCUT2D eigenvalue weighted by atomic mass is 16.5. The van der Waals surface area contributed by atoms with Crippen LogP contribution in [0.15, 0.2) is 30.5 Å². The highest BCUT2D eigenvalue weighted by molar-refractivity contribution is 5.94. The van der Waals surface area contributed by atoms with Crippen LogP contribution in [0.3, 0.4) is 0 Å². The number of rotatable bonds is 5. The highest BCUT2D eigenvalue weighted by Crippen LogP contribution is 2.12. The molecule has 0 bridgehead atoms. The molecule has 1 aliphatic rings. The average molecular weight is 330 g/mol. The van der Waals surface area contributed by atoms with Crippen LogP contribution in [-0.4, -0.2) is 59.8 Å². The number of hydrogen-bond acceptors (Lipinski definition) is 4. The van der Waals surface area contributed by atoms with Crippen molar-refractivity contribution in [2.45, 2.75) is 20.3 Å². The van der Waals surface area contributed by atoms with Gasteiger partial charge in [-0.05, 0) is 24.5 Å². The molecule has 2 heterocycles. The third kappa shape index (κ3) is 4.81. The van der Waals surface area contributed by atoms with E-state index >= 15 is 0 Å². The number of piperazine rings is 1. The minimum absolute atomic E-state index is 0.0216. The van der Waals surface area contributed by atoms with Gasteiger partial charge >= 0.3 is 0 Å². The SMILES string of the molecule is COc1ccc(C(=O)N2CCN(C(=N)/C=C\CC(C)C)CC2)cn1. The molecule has 0 aromatic carbocycles. The first kappa shape index (κ1) is 18.0. The number of aromatic nitrogens is 1. The number of carbonyl (C=O) groups excluding carboxylic acids is 1. The zero-order valence-electron chi connectivity index (χ0n) is 14.7. The van der Waals surface area contributed by atoms with E-state index < -0.39 is 0 Å². The lowest BCUT2D eigenvalue weighted by Gasteiger charge is -2.35. The van der Waals surface area contributed by atoms with Gasteiger partial charge in [0, 0.05) is 38.4 Å². The summed E-state index contributed by atoms with van der Waals surface area (Å²) in [6.45, 7) is 6.91. The van der Waals surface area contributed by atoms with E-state index in [0.717, 1.165) is 6.42 Å². The number of amidine groups is 1. The summed E-state index contributed by atoms with van der Waals surface area (Å²) in [5.74, 6) is 1.60. The predicted molar refractivity (Wildman–Crippen MR) is 94.6 cm³/mol. The first-order valence-electron chi connectivity index (χ1n) is 8.30. The summed E-state index contributed by atoms with van der Waals surface area (Å²) in [6.07, 6.45) is 6.44. The molecule has 130 valence electrons. The van der Waals surface area contributed by atoms with Crippen LogP contribution >= 0.6 is 0 Å². The molecule has 1 aromatic rings. The van der Waals surface area contributed by atoms with Crippen molar-refractivity contribution in [3.05, 3.63) is 36.0 Å². The van der Waals surface area contributed by atoms with E-state index in [-0.39, 0.29) is 5.91 Å². The van der Waals surface area contributed by atoms with E-state index in [4.69, 9.17) is 10.1 Å². The predicted octanol–water partition coefficient (Wildman–Crippen LogP) is 2.43. The van der Waals surface area contributed by atoms with Crippen molar-refractivity contribution in [3.8, 4) is 5.88 Å². The number of amides is 1. The van der Waals surface area contributed by atoms with Crippen molar-refractivity contribution in [3.63, 3.8) is 0 Å². The maximum Gasteiger partial charge on any atom is 0.255 e. The molecule has 0 unspecified atom stereocenters. The summed E-state index contributed by atoms with van der Waals surface area (Å²) in [4.78, 5) is 20.4. The Bertz CT molecular complexity index is 588. The fraction of sp³-hybridized carbons (Fsp3) is 0.500. The summed E-state index contributed by atoms with van der Waals surface area (Å²) in [7, 11) is 1.55. The fourth-order valence-corrected chi connectivity index (χ4v) is 2.52. The van der Waals surface area contributed by atoms with Gasteiger partial charge < -0.3 is 14.5 Å². The van der Waals surface area contributed by atoms with Gasteiger partial charge in [-0.15, -0.1) is 0 Å². The van der Waals surface area contributed by atoms with E-state index in [0.29, 0.717) is 49.4 Å². The van der Waals surface area contributed by atoms with Gasteiger partial charge in [0.1, 0.15) is 5.84 Å². The molecule has 24 heavy (non-hydrogen) atoms. The molecule has 6 nitrogen and oxygen atoms in total. The number of hydrogen-bond donors (Lipinski definition) is 1. The monoisotopic (exact) mass is 330 g/mol. The molecule has 0 radical (unpaired) electrons. The number of nitrogens with zero attached hydrogens (tertiary/aromatic N) is 3. The number of nitrogens with one attached hydrogen (secondary N) is 1. The van der Waals surface area contributed by atoms with Crippen molar-refractivity contribution in [1.82, 2.24) is 14.8 Å². The highest BCUT2D eigenvalue weighted by Gasteiger charge is 2.23. The molecule has 1 aromatic heterocycles. The van der Waals surface area contributed by atoms with Gasteiger partial charge in [-0.3, -0.25) is 10.2 Å². The molecular weight excluding hydrogens is 304 g/mol. The van der Waals surface area contributed by atoms with Gasteiger partial charge in [0.15, 0.2) is 0 Å². The molecule has 1 N–H and O–H groups in total. The normalized spacial score (nSPS) is 15.2. The smallest absolute Gasteiger partial charge is 0.255 e. The Morgan fingerprint density at radius 2 is 1.96 bits per heavy atom. The second kappa shape index (κ2) is 8.47. The minimum atomic E-state index is -0.0216. The Kier molecular flexibility index (Phi) is 6.35. The van der Waals surface area contributed by atoms with Crippen molar-refractivity contribution in [1.29, 1.82) is 5.41 Å². The molecule has 0 saturated carbocycles. The molecule has 1 amide bonds. The number of ether oxygens (including phenoxy) is 1. The Hall–Kier alpha value is -2.37. The molecular formula is C18H26N4O2. The second-order valence-corrected chi connectivity index (χ2v) is 6.29. The number of pyridine rings is 1. The molecule has 0 atom stereocenters. The van der Waals surface area contributed by atoms with Crippen LogP contribution in [0.2, 0.25) is 0 Å². The van der Waals surface area contributed by atoms with Crippen LogP contribution in [0.5, 0.6) is 5.88 Å². The maximum absolute atomic E-state index is 12.5. The van der Waals surface area contributed by atoms with Crippen molar-refractivity contribution < 1.29 is 9.53 Å². The molecule has 0 aliphatic carbocycles. The van der Waals surface area contributed by atoms with E-state index in [1.165, 1.54) is 0 Å². The van der Waals surface area contributed by atoms with Gasteiger partial charge in [-0.25, -0.2) is 4.98 Å². The number of carbonyl (C=O) groups is 1. The molecule has 6 heteroatoms. The quantitative estimate of drug-likeness (QED) is 0.665. The number of allylic oxidation sites excluding steroid dienone is 1. The fourth-order valence-electron chi connectivity index (χ4n) is 2.52. The summed E-state index contributed by atoms with van der Waals surface area (Å²) in [6, 6.07) is 3.43. The van der Waals surface area contributed by atoms with E-state index in [1.54, 1.807) is 25.4 Å². The first-order chi connectivity index (χ1) is 11.5. The van der Waals surface area contributed by atoms with Crippen LogP contribution in [0.4, 0.5) is 0 Å². The van der Waals surface area contributed by atoms with Crippen molar-refractivity contribution >= 4 is 11.7 Å². The molecule has 2 rings (SSSR count). The summed E-state index contributed by atoms with van der Waals surface area (Å²) >= 11 is 0. The van der Waals surface area contributed by atoms with Crippen LogP contribution in [0.25, 0.3) is 0 Å². The third-order valence-electron chi connectivity index (χ3n) is 3.98. The summed E-state index contributed by atoms with van der Waals surface area (Å²) < 4.78 is 5.01. The molecule has 1 saturated heterocycles. The van der Waals surface area contributed by atoms with E-state index in [1.807, 2.05) is 22.0 Å². The summed E-state index contributed by atoms with van der Waals surface area (Å²) in [5, 5.41) is 8.12. The van der Waals surface area contributed by atoms with Gasteiger partial charge in [0.2, 0.25) is 5.88 Å². The lowest BCUT2D eigenvalue weighted by molar-refractivity contribution is 0.0691. The lowest BCUT2D eigenvalue weighted by Crippen LogP contribution is -2.50. The van der Waals surface area contributed by atoms with Crippen LogP contribution in [0.1, 0.15) is 30.6 Å². The zero-order valence-corrected chi connectivity index (χ0v) is 14.7. The van der Waals surface area contributed by atoms with Crippen LogP contribution in [-0.2, 0) is 0 Å². The molecule has 1 fully saturated rings. The van der Waals surface area contributed by atoms with Gasteiger partial charge in [0.25, 0.3) is 5.91 Å². The molecule has 1 aliphatic heterocycles. The Labute approximate surface area is 143 Å². The zero-order chi connectivity index (χ0) is 17.5. The topological polar surface area (TPSA) is 69.5 Å². The number of methoxy groups -OCH3 is 1. The van der Waals surface area contributed by atoms with Gasteiger partial charge in [-0.1, -0.05) is 19.9 Å². The van der Waals surface area contributed by atoms with Crippen LogP contribution < -0.4 is 4.74 Å². The van der Waals surface area contributed by atoms with Gasteiger partial charge in [0.05, 0.1) is 12.7 Å². The minimum Gasteiger partial charge on any atom is -0.481 e. The second-order valence-electron chi connectivity index (χ2n) is 6.29. The maximum atomic E-state index is 12.5. The third-order valence-corrected chi connectivity index (χ3v) is 3.98. The van der Waals surface area contributed by atoms with Crippen molar-refractivity contribution in [2.75, 3.05) is 33.3 Å². The molecule has 0 spiro atoms. The van der Waals surface area contributed by atoms with Crippen LogP contribution in [0, 0.1) is 11.3 Å². The van der Waals surface area contributed by atoms with Crippen molar-refractivity contribution in [2.24, 2.45) is 5.92 Å². The summed E-state index contributed by atoms with van der Waals surface area (Å²) in [5.41, 5.74) is 0.566. The Morgan fingerprint density at radius 3 is 2.50 bits per heavy atom. The standard InChI is InChI=1S/C18H26N4O2/c1-14(2)5-4-6-16(19)21-9-11-22(12-10-21)18(23)15-7-8-17(24-3)20-13-15/h4,6-8,13-14,19H,5,9-12H2,1-3H3/b6-4-,19-16?.